The van der Waals surface area contributed by atoms with Crippen molar-refractivity contribution in [2.45, 2.75) is 0 Å². The van der Waals surface area contributed by atoms with Crippen LogP contribution in [0.1, 0.15) is 0 Å². The minimum Gasteiger partial charge on any atom is -0.314 e. The zero-order chi connectivity index (χ0) is 10.8. The molecule has 5 heteroatoms. The Morgan fingerprint density at radius 2 is 1.73 bits per heavy atom. The predicted octanol–water partition coefficient (Wildman–Crippen LogP) is 0.665. The third-order valence-electron chi connectivity index (χ3n) is 1.94. The Balaban J connectivity index is 2.69. The van der Waals surface area contributed by atoms with Gasteiger partial charge in [0.1, 0.15) is 5.82 Å². The fourth-order valence-electron chi connectivity index (χ4n) is 1.26. The van der Waals surface area contributed by atoms with Crippen molar-refractivity contribution in [3.8, 4) is 5.69 Å². The van der Waals surface area contributed by atoms with E-state index in [1.54, 1.807) is 0 Å². The van der Waals surface area contributed by atoms with Crippen LogP contribution in [0.2, 0.25) is 0 Å². The fraction of sp³-hybridized carbons (Fsp3) is 0. The van der Waals surface area contributed by atoms with Gasteiger partial charge in [0.15, 0.2) is 0 Å². The van der Waals surface area contributed by atoms with Crippen LogP contribution < -0.4 is 11.2 Å². The van der Waals surface area contributed by atoms with E-state index in [2.05, 4.69) is 4.98 Å². The van der Waals surface area contributed by atoms with Crippen LogP contribution in [0.15, 0.2) is 46.1 Å². The number of halogens is 1. The van der Waals surface area contributed by atoms with Gasteiger partial charge in [-0.05, 0) is 24.3 Å². The van der Waals surface area contributed by atoms with Crippen molar-refractivity contribution in [3.05, 3.63) is 63.2 Å². The van der Waals surface area contributed by atoms with Crippen molar-refractivity contribution >= 4 is 0 Å². The van der Waals surface area contributed by atoms with E-state index in [1.807, 2.05) is 0 Å². The van der Waals surface area contributed by atoms with E-state index in [0.29, 0.717) is 5.69 Å². The highest BCUT2D eigenvalue weighted by atomic mass is 19.1. The molecule has 1 N–H and O–H groups in total. The van der Waals surface area contributed by atoms with E-state index in [1.165, 1.54) is 36.5 Å². The van der Waals surface area contributed by atoms with Crippen LogP contribution in [0.25, 0.3) is 5.69 Å². The lowest BCUT2D eigenvalue weighted by Crippen LogP contribution is -2.32. The van der Waals surface area contributed by atoms with E-state index in [0.717, 1.165) is 4.57 Å². The number of nitrogens with zero attached hydrogens (tertiary/aromatic N) is 1. The van der Waals surface area contributed by atoms with Crippen LogP contribution in [0.4, 0.5) is 4.39 Å². The molecule has 0 bridgehead atoms. The zero-order valence-electron chi connectivity index (χ0n) is 7.61. The van der Waals surface area contributed by atoms with Gasteiger partial charge < -0.3 is 4.98 Å². The molecular weight excluding hydrogens is 199 g/mol. The maximum Gasteiger partial charge on any atom is 0.332 e. The Labute approximate surface area is 83.6 Å². The highest BCUT2D eigenvalue weighted by Crippen LogP contribution is 2.03. The van der Waals surface area contributed by atoms with Crippen molar-refractivity contribution < 1.29 is 4.39 Å². The monoisotopic (exact) mass is 206 g/mol. The van der Waals surface area contributed by atoms with Crippen LogP contribution in [0.3, 0.4) is 0 Å². The number of hydrogen-bond acceptors (Lipinski definition) is 2. The summed E-state index contributed by atoms with van der Waals surface area (Å²) in [5.41, 5.74) is -0.664. The Bertz CT molecular complexity index is 555. The van der Waals surface area contributed by atoms with Gasteiger partial charge in [0.05, 0.1) is 5.69 Å². The van der Waals surface area contributed by atoms with E-state index in [-0.39, 0.29) is 0 Å². The fourth-order valence-corrected chi connectivity index (χ4v) is 1.26. The Kier molecular flexibility index (Phi) is 2.21. The maximum absolute atomic E-state index is 12.6. The number of aromatic nitrogens is 2. The van der Waals surface area contributed by atoms with Gasteiger partial charge in [-0.2, -0.15) is 0 Å². The number of rotatable bonds is 1. The molecule has 1 heterocycles. The van der Waals surface area contributed by atoms with Crippen LogP contribution >= 0.6 is 0 Å². The number of nitrogens with one attached hydrogen (secondary N) is 1. The van der Waals surface area contributed by atoms with Crippen molar-refractivity contribution in [1.29, 1.82) is 0 Å². The minimum absolute atomic E-state index is 0.336. The van der Waals surface area contributed by atoms with Gasteiger partial charge in [-0.3, -0.25) is 4.79 Å². The average molecular weight is 206 g/mol. The summed E-state index contributed by atoms with van der Waals surface area (Å²) >= 11 is 0. The van der Waals surface area contributed by atoms with Gasteiger partial charge >= 0.3 is 5.69 Å². The normalized spacial score (nSPS) is 10.2. The molecule has 0 amide bonds. The Morgan fingerprint density at radius 1 is 1.07 bits per heavy atom. The molecule has 0 radical (unpaired) electrons. The third-order valence-corrected chi connectivity index (χ3v) is 1.94. The van der Waals surface area contributed by atoms with Crippen LogP contribution in [0, 0.1) is 5.82 Å². The van der Waals surface area contributed by atoms with Crippen molar-refractivity contribution in [2.24, 2.45) is 0 Å². The summed E-state index contributed by atoms with van der Waals surface area (Å²) in [5, 5.41) is 0. The van der Waals surface area contributed by atoms with Gasteiger partial charge in [-0.1, -0.05) is 0 Å². The smallest absolute Gasteiger partial charge is 0.314 e. The number of hydrogen-bond donors (Lipinski definition) is 1. The minimum atomic E-state index is -0.547. The lowest BCUT2D eigenvalue weighted by Gasteiger charge is -2.02. The average Bonchev–Trinajstić information content (AvgIpc) is 2.20. The van der Waals surface area contributed by atoms with Crippen molar-refractivity contribution in [1.82, 2.24) is 9.55 Å². The summed E-state index contributed by atoms with van der Waals surface area (Å²) < 4.78 is 13.6. The van der Waals surface area contributed by atoms with E-state index in [9.17, 15) is 14.0 Å². The first-order valence-corrected chi connectivity index (χ1v) is 4.25. The standard InChI is InChI=1S/C10H7FN2O2/c11-7-1-3-8(4-2-7)13-9(14)5-6-12-10(13)15/h1-6H,(H,12,15). The first-order valence-electron chi connectivity index (χ1n) is 4.25. The molecule has 2 aromatic rings. The Hall–Kier alpha value is -2.17. The van der Waals surface area contributed by atoms with Gasteiger partial charge in [0.2, 0.25) is 0 Å². The molecule has 0 atom stereocenters. The van der Waals surface area contributed by atoms with Crippen LogP contribution in [-0.4, -0.2) is 9.55 Å². The molecule has 0 fully saturated rings. The molecule has 0 unspecified atom stereocenters. The molecule has 4 nitrogen and oxygen atoms in total. The second-order valence-corrected chi connectivity index (χ2v) is 2.93. The molecule has 0 saturated heterocycles. The van der Waals surface area contributed by atoms with Gasteiger partial charge in [-0.15, -0.1) is 0 Å². The topological polar surface area (TPSA) is 54.9 Å². The molecule has 0 spiro atoms. The highest BCUT2D eigenvalue weighted by molar-refractivity contribution is 5.31. The largest absolute Gasteiger partial charge is 0.332 e. The van der Waals surface area contributed by atoms with Crippen LogP contribution in [-0.2, 0) is 0 Å². The maximum atomic E-state index is 12.6. The van der Waals surface area contributed by atoms with Crippen molar-refractivity contribution in [2.75, 3.05) is 0 Å². The van der Waals surface area contributed by atoms with E-state index in [4.69, 9.17) is 0 Å². The summed E-state index contributed by atoms with van der Waals surface area (Å²) in [4.78, 5) is 25.1. The first kappa shape index (κ1) is 9.39. The lowest BCUT2D eigenvalue weighted by molar-refractivity contribution is 0.627. The van der Waals surface area contributed by atoms with Gasteiger partial charge in [-0.25, -0.2) is 13.8 Å². The SMILES string of the molecule is O=c1cc[nH]c(=O)n1-c1ccc(F)cc1. The Morgan fingerprint density at radius 3 is 2.33 bits per heavy atom. The first-order chi connectivity index (χ1) is 7.18. The number of H-pyrrole nitrogens is 1. The highest BCUT2D eigenvalue weighted by Gasteiger charge is 2.02. The quantitative estimate of drug-likeness (QED) is 0.745. The molecule has 0 aliphatic rings. The van der Waals surface area contributed by atoms with Crippen LogP contribution in [0.5, 0.6) is 0 Å². The molecule has 76 valence electrons. The van der Waals surface area contributed by atoms with E-state index < -0.39 is 17.1 Å². The van der Waals surface area contributed by atoms with E-state index >= 15 is 0 Å². The molecule has 1 aromatic heterocycles. The zero-order valence-corrected chi connectivity index (χ0v) is 7.61. The van der Waals surface area contributed by atoms with Gasteiger partial charge in [0, 0.05) is 12.3 Å². The lowest BCUT2D eigenvalue weighted by atomic mass is 10.3. The number of benzene rings is 1. The summed E-state index contributed by atoms with van der Waals surface area (Å²) in [7, 11) is 0. The second-order valence-electron chi connectivity index (χ2n) is 2.93. The van der Waals surface area contributed by atoms with Gasteiger partial charge in [0.25, 0.3) is 5.56 Å². The predicted molar refractivity (Wildman–Crippen MR) is 52.6 cm³/mol. The molecule has 2 rings (SSSR count). The summed E-state index contributed by atoms with van der Waals surface area (Å²) in [6.07, 6.45) is 1.27. The molecule has 15 heavy (non-hydrogen) atoms. The van der Waals surface area contributed by atoms with Crippen molar-refractivity contribution in [3.63, 3.8) is 0 Å². The molecule has 0 saturated carbocycles. The third kappa shape index (κ3) is 1.71. The molecule has 0 aliphatic carbocycles. The molecule has 1 aromatic carbocycles. The molecular formula is C10H7FN2O2. The molecule has 0 aliphatic heterocycles. The number of aromatic amines is 1. The summed E-state index contributed by atoms with van der Waals surface area (Å²) in [6, 6.07) is 6.34. The summed E-state index contributed by atoms with van der Waals surface area (Å²) in [6.45, 7) is 0. The second kappa shape index (κ2) is 3.53. The summed E-state index contributed by atoms with van der Waals surface area (Å²) in [5.74, 6) is -0.417.